The molecule has 8 nitrogen and oxygen atoms in total. The molecule has 0 fully saturated rings. The van der Waals surface area contributed by atoms with Crippen molar-refractivity contribution in [2.75, 3.05) is 19.1 Å². The fraction of sp³-hybridized carbons (Fsp3) is 0.286. The Morgan fingerprint density at radius 1 is 1.41 bits per heavy atom. The quantitative estimate of drug-likeness (QED) is 0.630. The van der Waals surface area contributed by atoms with Gasteiger partial charge in [-0.05, 0) is 37.6 Å². The number of alkyl carbamates (subject to hydrolysis) is 1. The highest BCUT2D eigenvalue weighted by molar-refractivity contribution is 6.46. The van der Waals surface area contributed by atoms with E-state index in [-0.39, 0.29) is 6.61 Å². The highest BCUT2D eigenvalue weighted by atomic mass is 16.5. The number of nitrogens with zero attached hydrogens (tertiary/aromatic N) is 2. The lowest BCUT2D eigenvalue weighted by Crippen LogP contribution is -2.36. The summed E-state index contributed by atoms with van der Waals surface area (Å²) in [6, 6.07) is 6.77. The maximum Gasteiger partial charge on any atom is 0.414 e. The molecule has 1 rings (SSSR count). The van der Waals surface area contributed by atoms with Gasteiger partial charge in [0.15, 0.2) is 0 Å². The van der Waals surface area contributed by atoms with Crippen LogP contribution >= 0.6 is 0 Å². The molecule has 116 valence electrons. The number of nitriles is 1. The zero-order chi connectivity index (χ0) is 16.5. The van der Waals surface area contributed by atoms with Crippen LogP contribution in [0.4, 0.5) is 10.5 Å². The van der Waals surface area contributed by atoms with Gasteiger partial charge in [-0.2, -0.15) is 10.4 Å². The molecular formula is C14H16N4O4. The van der Waals surface area contributed by atoms with E-state index in [2.05, 4.69) is 15.3 Å². The molecule has 2 N–H and O–H groups in total. The van der Waals surface area contributed by atoms with Crippen LogP contribution in [-0.4, -0.2) is 31.4 Å². The summed E-state index contributed by atoms with van der Waals surface area (Å²) in [5.41, 5.74) is 3.51. The minimum Gasteiger partial charge on any atom is -0.497 e. The molecule has 0 heterocycles. The third-order valence-electron chi connectivity index (χ3n) is 2.53. The molecule has 0 unspecified atom stereocenters. The number of amides is 2. The minimum absolute atomic E-state index is 0.113. The van der Waals surface area contributed by atoms with Gasteiger partial charge in [0.2, 0.25) is 5.71 Å². The third-order valence-corrected chi connectivity index (χ3v) is 2.53. The van der Waals surface area contributed by atoms with Crippen LogP contribution < -0.4 is 15.5 Å². The van der Waals surface area contributed by atoms with Crippen LogP contribution in [0.2, 0.25) is 0 Å². The summed E-state index contributed by atoms with van der Waals surface area (Å²) in [5, 5.41) is 14.5. The van der Waals surface area contributed by atoms with Gasteiger partial charge in [-0.3, -0.25) is 15.5 Å². The number of methoxy groups -OCH3 is 1. The number of aryl methyl sites for hydroxylation is 1. The Morgan fingerprint density at radius 3 is 2.68 bits per heavy atom. The molecular weight excluding hydrogens is 288 g/mol. The summed E-state index contributed by atoms with van der Waals surface area (Å²) >= 11 is 0. The van der Waals surface area contributed by atoms with Gasteiger partial charge in [0.1, 0.15) is 11.8 Å². The Labute approximate surface area is 127 Å². The van der Waals surface area contributed by atoms with Crippen LogP contribution in [0.5, 0.6) is 5.75 Å². The lowest BCUT2D eigenvalue weighted by Gasteiger charge is -2.07. The molecule has 0 radical (unpaired) electrons. The summed E-state index contributed by atoms with van der Waals surface area (Å²) in [6.07, 6.45) is -0.934. The van der Waals surface area contributed by atoms with Crippen molar-refractivity contribution < 1.29 is 19.1 Å². The zero-order valence-electron chi connectivity index (χ0n) is 12.5. The van der Waals surface area contributed by atoms with E-state index in [1.165, 1.54) is 0 Å². The largest absolute Gasteiger partial charge is 0.497 e. The molecule has 0 atom stereocenters. The molecule has 2 amide bonds. The van der Waals surface area contributed by atoms with Crippen molar-refractivity contribution in [1.29, 1.82) is 5.26 Å². The Bertz CT molecular complexity index is 634. The molecule has 0 saturated heterocycles. The normalized spacial score (nSPS) is 10.4. The number of anilines is 1. The maximum atomic E-state index is 11.6. The minimum atomic E-state index is -0.945. The highest BCUT2D eigenvalue weighted by Crippen LogP contribution is 2.20. The van der Waals surface area contributed by atoms with Gasteiger partial charge in [-0.15, -0.1) is 0 Å². The number of nitrogens with one attached hydrogen (secondary N) is 2. The van der Waals surface area contributed by atoms with E-state index >= 15 is 0 Å². The first-order chi connectivity index (χ1) is 10.5. The predicted octanol–water partition coefficient (Wildman–Crippen LogP) is 1.57. The number of benzene rings is 1. The van der Waals surface area contributed by atoms with Crippen LogP contribution in [0.1, 0.15) is 12.5 Å². The van der Waals surface area contributed by atoms with Crippen molar-refractivity contribution in [3.8, 4) is 11.8 Å². The smallest absolute Gasteiger partial charge is 0.414 e. The Morgan fingerprint density at radius 2 is 2.14 bits per heavy atom. The van der Waals surface area contributed by atoms with Gasteiger partial charge < -0.3 is 9.47 Å². The Balaban J connectivity index is 2.79. The van der Waals surface area contributed by atoms with Crippen LogP contribution in [0.3, 0.4) is 0 Å². The number of ether oxygens (including phenoxy) is 2. The van der Waals surface area contributed by atoms with Crippen LogP contribution in [0.15, 0.2) is 23.3 Å². The second-order valence-electron chi connectivity index (χ2n) is 4.04. The maximum absolute atomic E-state index is 11.6. The number of carbonyl (C=O) groups is 2. The van der Waals surface area contributed by atoms with Crippen LogP contribution in [0, 0.1) is 18.3 Å². The molecule has 1 aromatic carbocycles. The third kappa shape index (κ3) is 4.79. The van der Waals surface area contributed by atoms with E-state index in [9.17, 15) is 9.59 Å². The van der Waals surface area contributed by atoms with Crippen molar-refractivity contribution in [3.63, 3.8) is 0 Å². The first kappa shape index (κ1) is 17.0. The zero-order valence-corrected chi connectivity index (χ0v) is 12.5. The number of hydrazone groups is 1. The van der Waals surface area contributed by atoms with Crippen molar-refractivity contribution in [2.24, 2.45) is 5.10 Å². The van der Waals surface area contributed by atoms with Gasteiger partial charge in [-0.1, -0.05) is 0 Å². The monoisotopic (exact) mass is 304 g/mol. The molecule has 0 saturated carbocycles. The van der Waals surface area contributed by atoms with Crippen molar-refractivity contribution in [1.82, 2.24) is 5.32 Å². The Hall–Kier alpha value is -3.08. The second-order valence-corrected chi connectivity index (χ2v) is 4.04. The fourth-order valence-electron chi connectivity index (χ4n) is 1.45. The molecule has 0 aliphatic rings. The average Bonchev–Trinajstić information content (AvgIpc) is 2.49. The predicted molar refractivity (Wildman–Crippen MR) is 79.6 cm³/mol. The van der Waals surface area contributed by atoms with Crippen LogP contribution in [0.25, 0.3) is 0 Å². The molecule has 22 heavy (non-hydrogen) atoms. The van der Waals surface area contributed by atoms with E-state index in [1.54, 1.807) is 38.3 Å². The lowest BCUT2D eigenvalue weighted by atomic mass is 10.2. The molecule has 8 heteroatoms. The number of carbonyl (C=O) groups excluding carboxylic acids is 2. The van der Waals surface area contributed by atoms with Gasteiger partial charge >= 0.3 is 6.09 Å². The van der Waals surface area contributed by atoms with Crippen LogP contribution in [-0.2, 0) is 9.53 Å². The number of imide groups is 1. The van der Waals surface area contributed by atoms with Crippen molar-refractivity contribution in [2.45, 2.75) is 13.8 Å². The SMILES string of the molecule is CCOC(=O)NC(=O)C(C#N)=NNc1ccc(OC)cc1C. The van der Waals surface area contributed by atoms with E-state index in [0.717, 1.165) is 5.56 Å². The first-order valence-corrected chi connectivity index (χ1v) is 6.38. The summed E-state index contributed by atoms with van der Waals surface area (Å²) in [7, 11) is 1.55. The van der Waals surface area contributed by atoms with Crippen molar-refractivity contribution in [3.05, 3.63) is 23.8 Å². The summed E-state index contributed by atoms with van der Waals surface area (Å²) < 4.78 is 9.62. The molecule has 0 aliphatic heterocycles. The number of hydrogen-bond acceptors (Lipinski definition) is 7. The van der Waals surface area contributed by atoms with Gasteiger partial charge in [0, 0.05) is 0 Å². The lowest BCUT2D eigenvalue weighted by molar-refractivity contribution is -0.114. The van der Waals surface area contributed by atoms with E-state index in [1.807, 2.05) is 12.2 Å². The van der Waals surface area contributed by atoms with E-state index < -0.39 is 17.7 Å². The second kappa shape index (κ2) is 8.26. The van der Waals surface area contributed by atoms with Gasteiger partial charge in [-0.25, -0.2) is 4.79 Å². The molecule has 0 spiro atoms. The number of rotatable bonds is 5. The van der Waals surface area contributed by atoms with E-state index in [4.69, 9.17) is 10.00 Å². The average molecular weight is 304 g/mol. The molecule has 0 bridgehead atoms. The van der Waals surface area contributed by atoms with Gasteiger partial charge in [0.05, 0.1) is 19.4 Å². The molecule has 1 aromatic rings. The molecule has 0 aromatic heterocycles. The summed E-state index contributed by atoms with van der Waals surface area (Å²) in [6.45, 7) is 3.52. The summed E-state index contributed by atoms with van der Waals surface area (Å²) in [4.78, 5) is 22.8. The molecule has 0 aliphatic carbocycles. The van der Waals surface area contributed by atoms with E-state index in [0.29, 0.717) is 11.4 Å². The summed E-state index contributed by atoms with van der Waals surface area (Å²) in [5.74, 6) is -0.271. The first-order valence-electron chi connectivity index (χ1n) is 6.38. The topological polar surface area (TPSA) is 113 Å². The fourth-order valence-corrected chi connectivity index (χ4v) is 1.45. The Kier molecular flexibility index (Phi) is 6.37. The highest BCUT2D eigenvalue weighted by Gasteiger charge is 2.15. The number of hydrogen-bond donors (Lipinski definition) is 2. The standard InChI is InChI=1S/C14H16N4O4/c1-4-22-14(20)16-13(19)12(8-15)18-17-11-6-5-10(21-3)7-9(11)2/h5-7,17H,4H2,1-3H3,(H,16,19,20). The van der Waals surface area contributed by atoms with Crippen molar-refractivity contribution >= 4 is 23.4 Å². The van der Waals surface area contributed by atoms with Gasteiger partial charge in [0.25, 0.3) is 5.91 Å².